The summed E-state index contributed by atoms with van der Waals surface area (Å²) in [5.41, 5.74) is 1.75. The van der Waals surface area contributed by atoms with Gasteiger partial charge in [-0.2, -0.15) is 11.8 Å². The molecule has 1 aromatic carbocycles. The summed E-state index contributed by atoms with van der Waals surface area (Å²) in [5, 5.41) is 9.22. The number of benzene rings is 1. The molecule has 0 aliphatic rings. The van der Waals surface area contributed by atoms with Crippen LogP contribution in [0.25, 0.3) is 0 Å². The Morgan fingerprint density at radius 2 is 1.91 bits per heavy atom. The van der Waals surface area contributed by atoms with Crippen molar-refractivity contribution in [3.05, 3.63) is 35.4 Å². The summed E-state index contributed by atoms with van der Waals surface area (Å²) >= 11 is 1.88. The van der Waals surface area contributed by atoms with E-state index in [9.17, 15) is 4.79 Å². The zero-order valence-corrected chi connectivity index (χ0v) is 15.1. The van der Waals surface area contributed by atoms with E-state index in [0.29, 0.717) is 12.1 Å². The first-order chi connectivity index (χ1) is 11.2. The number of nitrogens with one attached hydrogen (secondary N) is 3. The summed E-state index contributed by atoms with van der Waals surface area (Å²) in [5.74, 6) is 1.97. The van der Waals surface area contributed by atoms with E-state index < -0.39 is 0 Å². The highest BCUT2D eigenvalue weighted by atomic mass is 32.2. The molecule has 0 fully saturated rings. The maximum absolute atomic E-state index is 11.5. The van der Waals surface area contributed by atoms with Gasteiger partial charge in [-0.3, -0.25) is 4.79 Å². The molecule has 0 saturated heterocycles. The number of carbonyl (C=O) groups excluding carboxylic acids is 1. The number of hydrogen-bond donors (Lipinski definition) is 3. The van der Waals surface area contributed by atoms with Gasteiger partial charge in [0.25, 0.3) is 5.91 Å². The van der Waals surface area contributed by atoms with Crippen LogP contribution < -0.4 is 16.0 Å². The smallest absolute Gasteiger partial charge is 0.251 e. The topological polar surface area (TPSA) is 65.5 Å². The lowest BCUT2D eigenvalue weighted by Gasteiger charge is -2.11. The molecule has 0 unspecified atom stereocenters. The minimum absolute atomic E-state index is 0.0692. The standard InChI is InChI=1S/C17H28N4OS/c1-4-19-17(20-11-5-6-12-23-3)21-13-14-7-9-15(10-8-14)16(22)18-2/h7-10H,4-6,11-13H2,1-3H3,(H,18,22)(H2,19,20,21). The third-order valence-corrected chi connectivity index (χ3v) is 3.97. The molecule has 0 spiro atoms. The van der Waals surface area contributed by atoms with Crippen LogP contribution in [0, 0.1) is 0 Å². The van der Waals surface area contributed by atoms with Crippen LogP contribution in [0.2, 0.25) is 0 Å². The average molecular weight is 337 g/mol. The maximum Gasteiger partial charge on any atom is 0.251 e. The van der Waals surface area contributed by atoms with Crippen molar-refractivity contribution < 1.29 is 4.79 Å². The highest BCUT2D eigenvalue weighted by Gasteiger charge is 2.02. The molecule has 5 nitrogen and oxygen atoms in total. The van der Waals surface area contributed by atoms with Gasteiger partial charge in [-0.25, -0.2) is 4.99 Å². The highest BCUT2D eigenvalue weighted by molar-refractivity contribution is 7.98. The van der Waals surface area contributed by atoms with E-state index in [-0.39, 0.29) is 5.91 Å². The number of unbranched alkanes of at least 4 members (excludes halogenated alkanes) is 1. The van der Waals surface area contributed by atoms with Crippen molar-refractivity contribution in [2.45, 2.75) is 26.3 Å². The number of thioether (sulfide) groups is 1. The van der Waals surface area contributed by atoms with Crippen molar-refractivity contribution in [3.8, 4) is 0 Å². The van der Waals surface area contributed by atoms with Gasteiger partial charge in [0, 0.05) is 25.7 Å². The monoisotopic (exact) mass is 336 g/mol. The van der Waals surface area contributed by atoms with Crippen molar-refractivity contribution in [1.82, 2.24) is 16.0 Å². The van der Waals surface area contributed by atoms with E-state index in [1.807, 2.05) is 36.0 Å². The fraction of sp³-hybridized carbons (Fsp3) is 0.529. The molecule has 1 rings (SSSR count). The van der Waals surface area contributed by atoms with Crippen molar-refractivity contribution in [3.63, 3.8) is 0 Å². The summed E-state index contributed by atoms with van der Waals surface area (Å²) in [6.07, 6.45) is 4.50. The predicted molar refractivity (Wildman–Crippen MR) is 100 cm³/mol. The minimum atomic E-state index is -0.0692. The average Bonchev–Trinajstić information content (AvgIpc) is 2.59. The molecule has 6 heteroatoms. The van der Waals surface area contributed by atoms with E-state index in [4.69, 9.17) is 0 Å². The van der Waals surface area contributed by atoms with Gasteiger partial charge in [0.15, 0.2) is 5.96 Å². The summed E-state index contributed by atoms with van der Waals surface area (Å²) in [7, 11) is 1.63. The molecule has 0 heterocycles. The second kappa shape index (κ2) is 11.8. The Hall–Kier alpha value is -1.69. The Bertz CT molecular complexity index is 488. The third kappa shape index (κ3) is 7.93. The largest absolute Gasteiger partial charge is 0.357 e. The number of amides is 1. The Kier molecular flexibility index (Phi) is 9.95. The van der Waals surface area contributed by atoms with E-state index >= 15 is 0 Å². The number of rotatable bonds is 9. The second-order valence-electron chi connectivity index (χ2n) is 5.10. The molecule has 0 radical (unpaired) electrons. The molecular weight excluding hydrogens is 308 g/mol. The fourth-order valence-corrected chi connectivity index (χ4v) is 2.49. The van der Waals surface area contributed by atoms with Gasteiger partial charge in [-0.15, -0.1) is 0 Å². The second-order valence-corrected chi connectivity index (χ2v) is 6.08. The van der Waals surface area contributed by atoms with Gasteiger partial charge in [-0.05, 0) is 49.5 Å². The van der Waals surface area contributed by atoms with Gasteiger partial charge in [0.1, 0.15) is 0 Å². The van der Waals surface area contributed by atoms with Crippen LogP contribution in [0.3, 0.4) is 0 Å². The zero-order chi connectivity index (χ0) is 16.9. The summed E-state index contributed by atoms with van der Waals surface area (Å²) in [6, 6.07) is 7.53. The molecule has 0 bridgehead atoms. The van der Waals surface area contributed by atoms with Crippen LogP contribution in [-0.2, 0) is 6.54 Å². The summed E-state index contributed by atoms with van der Waals surface area (Å²) in [6.45, 7) is 4.42. The van der Waals surface area contributed by atoms with Crippen LogP contribution in [0.15, 0.2) is 29.3 Å². The van der Waals surface area contributed by atoms with E-state index in [1.54, 1.807) is 7.05 Å². The van der Waals surface area contributed by atoms with Crippen molar-refractivity contribution in [2.75, 3.05) is 32.1 Å². The first kappa shape index (κ1) is 19.4. The van der Waals surface area contributed by atoms with E-state index in [1.165, 1.54) is 12.2 Å². The molecular formula is C17H28N4OS. The molecule has 0 atom stereocenters. The lowest BCUT2D eigenvalue weighted by atomic mass is 10.1. The Morgan fingerprint density at radius 3 is 2.52 bits per heavy atom. The third-order valence-electron chi connectivity index (χ3n) is 3.27. The lowest BCUT2D eigenvalue weighted by Crippen LogP contribution is -2.37. The van der Waals surface area contributed by atoms with Crippen molar-refractivity contribution >= 4 is 23.6 Å². The summed E-state index contributed by atoms with van der Waals surface area (Å²) < 4.78 is 0. The van der Waals surface area contributed by atoms with E-state index in [0.717, 1.165) is 31.0 Å². The van der Waals surface area contributed by atoms with Crippen LogP contribution >= 0.6 is 11.8 Å². The van der Waals surface area contributed by atoms with Crippen LogP contribution in [-0.4, -0.2) is 44.0 Å². The van der Waals surface area contributed by atoms with Gasteiger partial charge >= 0.3 is 0 Å². The quantitative estimate of drug-likeness (QED) is 0.368. The number of carbonyl (C=O) groups is 1. The Morgan fingerprint density at radius 1 is 1.17 bits per heavy atom. The molecule has 3 N–H and O–H groups in total. The molecule has 0 aliphatic heterocycles. The lowest BCUT2D eigenvalue weighted by molar-refractivity contribution is 0.0963. The number of nitrogens with zero attached hydrogens (tertiary/aromatic N) is 1. The molecule has 0 saturated carbocycles. The Labute approximate surface area is 143 Å². The number of hydrogen-bond acceptors (Lipinski definition) is 3. The summed E-state index contributed by atoms with van der Waals surface area (Å²) in [4.78, 5) is 16.1. The van der Waals surface area contributed by atoms with Gasteiger partial charge in [0.2, 0.25) is 0 Å². The fourth-order valence-electron chi connectivity index (χ4n) is 2.00. The molecule has 0 aliphatic carbocycles. The Balaban J connectivity index is 2.50. The maximum atomic E-state index is 11.5. The molecule has 23 heavy (non-hydrogen) atoms. The normalized spacial score (nSPS) is 11.2. The first-order valence-corrected chi connectivity index (χ1v) is 9.42. The first-order valence-electron chi connectivity index (χ1n) is 8.03. The zero-order valence-electron chi connectivity index (χ0n) is 14.3. The number of aliphatic imine (C=N–C) groups is 1. The molecule has 1 amide bonds. The van der Waals surface area contributed by atoms with Gasteiger partial charge in [-0.1, -0.05) is 12.1 Å². The van der Waals surface area contributed by atoms with Gasteiger partial charge < -0.3 is 16.0 Å². The van der Waals surface area contributed by atoms with Crippen LogP contribution in [0.4, 0.5) is 0 Å². The predicted octanol–water partition coefficient (Wildman–Crippen LogP) is 2.24. The van der Waals surface area contributed by atoms with Crippen LogP contribution in [0.5, 0.6) is 0 Å². The molecule has 1 aromatic rings. The molecule has 128 valence electrons. The minimum Gasteiger partial charge on any atom is -0.357 e. The molecule has 0 aromatic heterocycles. The SMILES string of the molecule is CCNC(=NCc1ccc(C(=O)NC)cc1)NCCCCSC. The highest BCUT2D eigenvalue weighted by Crippen LogP contribution is 2.05. The van der Waals surface area contributed by atoms with Crippen molar-refractivity contribution in [1.29, 1.82) is 0 Å². The van der Waals surface area contributed by atoms with Crippen molar-refractivity contribution in [2.24, 2.45) is 4.99 Å². The van der Waals surface area contributed by atoms with E-state index in [2.05, 4.69) is 34.1 Å². The number of guanidine groups is 1. The van der Waals surface area contributed by atoms with Crippen LogP contribution in [0.1, 0.15) is 35.7 Å². The van der Waals surface area contributed by atoms with Gasteiger partial charge in [0.05, 0.1) is 6.54 Å².